The van der Waals surface area contributed by atoms with E-state index in [1.807, 2.05) is 0 Å². The molecule has 3 nitrogen and oxygen atoms in total. The smallest absolute Gasteiger partial charge is 0.136 e. The fourth-order valence-corrected chi connectivity index (χ4v) is 3.81. The highest BCUT2D eigenvalue weighted by Gasteiger charge is 2.14. The van der Waals surface area contributed by atoms with Gasteiger partial charge < -0.3 is 14.5 Å². The highest BCUT2D eigenvalue weighted by atomic mass is 79.9. The van der Waals surface area contributed by atoms with Gasteiger partial charge in [-0.05, 0) is 72.9 Å². The van der Waals surface area contributed by atoms with Crippen LogP contribution in [0.5, 0.6) is 5.75 Å². The Kier molecular flexibility index (Phi) is 7.19. The van der Waals surface area contributed by atoms with Gasteiger partial charge in [0.05, 0.1) is 11.1 Å². The van der Waals surface area contributed by atoms with E-state index >= 15 is 0 Å². The molecule has 0 N–H and O–H groups in total. The fourth-order valence-electron chi connectivity index (χ4n) is 3.03. The van der Waals surface area contributed by atoms with Gasteiger partial charge in [-0.15, -0.1) is 0 Å². The van der Waals surface area contributed by atoms with Crippen molar-refractivity contribution in [1.82, 2.24) is 9.80 Å². The van der Waals surface area contributed by atoms with E-state index in [0.717, 1.165) is 23.2 Å². The summed E-state index contributed by atoms with van der Waals surface area (Å²) >= 11 is 3.60. The third-order valence-corrected chi connectivity index (χ3v) is 4.99. The molecule has 0 amide bonds. The van der Waals surface area contributed by atoms with Gasteiger partial charge in [0.2, 0.25) is 0 Å². The van der Waals surface area contributed by atoms with Crippen LogP contribution in [0, 0.1) is 13.8 Å². The number of aryl methyl sites for hydroxylation is 2. The Hall–Kier alpha value is -0.580. The number of hydrogen-bond donors (Lipinski definition) is 0. The Bertz CT molecular complexity index is 447. The normalized spacial score (nSPS) is 16.9. The van der Waals surface area contributed by atoms with Crippen LogP contribution in [0.3, 0.4) is 0 Å². The third kappa shape index (κ3) is 5.25. The van der Waals surface area contributed by atoms with Crippen LogP contribution in [0.25, 0.3) is 0 Å². The zero-order valence-corrected chi connectivity index (χ0v) is 15.8. The first-order chi connectivity index (χ1) is 10.6. The molecule has 0 aromatic heterocycles. The van der Waals surface area contributed by atoms with E-state index in [4.69, 9.17) is 4.74 Å². The van der Waals surface area contributed by atoms with Crippen molar-refractivity contribution in [1.29, 1.82) is 0 Å². The topological polar surface area (TPSA) is 15.7 Å². The van der Waals surface area contributed by atoms with Crippen molar-refractivity contribution in [2.45, 2.75) is 33.6 Å². The van der Waals surface area contributed by atoms with E-state index in [1.54, 1.807) is 0 Å². The molecule has 0 atom stereocenters. The molecule has 124 valence electrons. The molecule has 22 heavy (non-hydrogen) atoms. The second-order valence-electron chi connectivity index (χ2n) is 6.22. The highest BCUT2D eigenvalue weighted by molar-refractivity contribution is 9.10. The molecule has 0 saturated carbocycles. The van der Waals surface area contributed by atoms with Crippen LogP contribution in [-0.4, -0.2) is 55.7 Å². The maximum atomic E-state index is 5.97. The minimum absolute atomic E-state index is 0.803. The number of nitrogens with zero attached hydrogens (tertiary/aromatic N) is 2. The molecule has 1 aliphatic heterocycles. The van der Waals surface area contributed by atoms with Crippen LogP contribution in [0.15, 0.2) is 16.6 Å². The van der Waals surface area contributed by atoms with Crippen LogP contribution >= 0.6 is 15.9 Å². The number of unbranched alkanes of at least 4 members (excludes halogenated alkanes) is 1. The van der Waals surface area contributed by atoms with E-state index in [2.05, 4.69) is 58.6 Å². The van der Waals surface area contributed by atoms with Crippen molar-refractivity contribution in [3.63, 3.8) is 0 Å². The van der Waals surface area contributed by atoms with Gasteiger partial charge in [0.15, 0.2) is 0 Å². The summed E-state index contributed by atoms with van der Waals surface area (Å²) in [7, 11) is 0. The first-order valence-corrected chi connectivity index (χ1v) is 9.23. The second-order valence-corrected chi connectivity index (χ2v) is 7.08. The maximum Gasteiger partial charge on any atom is 0.136 e. The summed E-state index contributed by atoms with van der Waals surface area (Å²) in [6.45, 7) is 14.6. The molecule has 4 heteroatoms. The Morgan fingerprint density at radius 3 is 2.36 bits per heavy atom. The Morgan fingerprint density at radius 1 is 1.05 bits per heavy atom. The lowest BCUT2D eigenvalue weighted by Crippen LogP contribution is -2.46. The van der Waals surface area contributed by atoms with Gasteiger partial charge >= 0.3 is 0 Å². The van der Waals surface area contributed by atoms with Crippen LogP contribution in [0.4, 0.5) is 0 Å². The van der Waals surface area contributed by atoms with E-state index in [-0.39, 0.29) is 0 Å². The molecule has 1 fully saturated rings. The first kappa shape index (κ1) is 17.8. The van der Waals surface area contributed by atoms with Crippen LogP contribution in [0.2, 0.25) is 0 Å². The standard InChI is InChI=1S/C18H29BrN2O/c1-4-20-8-10-21(11-9-20)7-5-6-12-22-18-16(3)13-15(2)14-17(18)19/h13-14H,4-12H2,1-3H3. The number of piperazine rings is 1. The largest absolute Gasteiger partial charge is 0.492 e. The molecule has 0 aliphatic carbocycles. The van der Waals surface area contributed by atoms with E-state index in [0.29, 0.717) is 0 Å². The average molecular weight is 369 g/mol. The average Bonchev–Trinajstić information content (AvgIpc) is 2.49. The molecule has 1 aliphatic rings. The predicted octanol–water partition coefficient (Wildman–Crippen LogP) is 3.86. The summed E-state index contributed by atoms with van der Waals surface area (Å²) in [5, 5.41) is 0. The van der Waals surface area contributed by atoms with Crippen molar-refractivity contribution in [3.8, 4) is 5.75 Å². The van der Waals surface area contributed by atoms with Gasteiger partial charge in [-0.3, -0.25) is 0 Å². The van der Waals surface area contributed by atoms with Crippen molar-refractivity contribution >= 4 is 15.9 Å². The molecule has 0 unspecified atom stereocenters. The molecule has 0 spiro atoms. The van der Waals surface area contributed by atoms with Crippen molar-refractivity contribution in [3.05, 3.63) is 27.7 Å². The monoisotopic (exact) mass is 368 g/mol. The minimum atomic E-state index is 0.803. The minimum Gasteiger partial charge on any atom is -0.492 e. The van der Waals surface area contributed by atoms with Crippen LogP contribution in [0.1, 0.15) is 30.9 Å². The maximum absolute atomic E-state index is 5.97. The molecule has 0 bridgehead atoms. The number of ether oxygens (including phenoxy) is 1. The fraction of sp³-hybridized carbons (Fsp3) is 0.667. The molecular weight excluding hydrogens is 340 g/mol. The summed E-state index contributed by atoms with van der Waals surface area (Å²) in [4.78, 5) is 5.11. The Labute approximate surface area is 143 Å². The molecule has 1 aromatic carbocycles. The van der Waals surface area contributed by atoms with E-state index in [9.17, 15) is 0 Å². The summed E-state index contributed by atoms with van der Waals surface area (Å²) in [6.07, 6.45) is 2.34. The molecular formula is C18H29BrN2O. The van der Waals surface area contributed by atoms with Gasteiger partial charge in [0.25, 0.3) is 0 Å². The van der Waals surface area contributed by atoms with E-state index < -0.39 is 0 Å². The highest BCUT2D eigenvalue weighted by Crippen LogP contribution is 2.30. The molecule has 1 heterocycles. The lowest BCUT2D eigenvalue weighted by atomic mass is 10.1. The summed E-state index contributed by atoms with van der Waals surface area (Å²) in [5.74, 6) is 1.00. The van der Waals surface area contributed by atoms with Crippen molar-refractivity contribution in [2.75, 3.05) is 45.9 Å². The molecule has 0 radical (unpaired) electrons. The summed E-state index contributed by atoms with van der Waals surface area (Å²) < 4.78 is 7.04. The van der Waals surface area contributed by atoms with Gasteiger partial charge in [0, 0.05) is 26.2 Å². The van der Waals surface area contributed by atoms with Gasteiger partial charge in [-0.25, -0.2) is 0 Å². The lowest BCUT2D eigenvalue weighted by Gasteiger charge is -2.33. The second kappa shape index (κ2) is 8.90. The van der Waals surface area contributed by atoms with Crippen molar-refractivity contribution < 1.29 is 4.74 Å². The zero-order valence-electron chi connectivity index (χ0n) is 14.2. The number of benzene rings is 1. The third-order valence-electron chi connectivity index (χ3n) is 4.40. The summed E-state index contributed by atoms with van der Waals surface area (Å²) in [5.41, 5.74) is 2.48. The Morgan fingerprint density at radius 2 is 1.73 bits per heavy atom. The summed E-state index contributed by atoms with van der Waals surface area (Å²) in [6, 6.07) is 4.29. The number of hydrogen-bond acceptors (Lipinski definition) is 3. The molecule has 2 rings (SSSR count). The number of halogens is 1. The lowest BCUT2D eigenvalue weighted by molar-refractivity contribution is 0.134. The van der Waals surface area contributed by atoms with Gasteiger partial charge in [-0.2, -0.15) is 0 Å². The van der Waals surface area contributed by atoms with Crippen molar-refractivity contribution in [2.24, 2.45) is 0 Å². The van der Waals surface area contributed by atoms with Crippen LogP contribution in [-0.2, 0) is 0 Å². The zero-order chi connectivity index (χ0) is 15.9. The molecule has 1 aromatic rings. The predicted molar refractivity (Wildman–Crippen MR) is 96.9 cm³/mol. The Balaban J connectivity index is 1.64. The quantitative estimate of drug-likeness (QED) is 0.679. The van der Waals surface area contributed by atoms with E-state index in [1.165, 1.54) is 56.8 Å². The van der Waals surface area contributed by atoms with Gasteiger partial charge in [-0.1, -0.05) is 13.0 Å². The SMILES string of the molecule is CCN1CCN(CCCCOc2c(C)cc(C)cc2Br)CC1. The van der Waals surface area contributed by atoms with Crippen LogP contribution < -0.4 is 4.74 Å². The first-order valence-electron chi connectivity index (χ1n) is 8.44. The molecule has 1 saturated heterocycles. The van der Waals surface area contributed by atoms with Gasteiger partial charge in [0.1, 0.15) is 5.75 Å². The number of likely N-dealkylation sites (N-methyl/N-ethyl adjacent to an activating group) is 1. The number of rotatable bonds is 7.